The lowest BCUT2D eigenvalue weighted by Gasteiger charge is -2.14. The molecule has 144 valence electrons. The summed E-state index contributed by atoms with van der Waals surface area (Å²) in [5, 5.41) is 18.7. The first-order valence-electron chi connectivity index (χ1n) is 9.19. The minimum atomic E-state index is -0.793. The van der Waals surface area contributed by atoms with E-state index in [-0.39, 0.29) is 30.6 Å². The van der Waals surface area contributed by atoms with Crippen molar-refractivity contribution in [3.05, 3.63) is 66.8 Å². The first kappa shape index (κ1) is 20.6. The molecule has 0 radical (unpaired) electrons. The molecule has 0 aromatic heterocycles. The first-order valence-corrected chi connectivity index (χ1v) is 9.19. The molecule has 2 rings (SSSR count). The predicted octanol–water partition coefficient (Wildman–Crippen LogP) is 3.56. The normalized spacial score (nSPS) is 20.6. The molecule has 0 heterocycles. The average Bonchev–Trinajstić information content (AvgIpc) is 3.01. The van der Waals surface area contributed by atoms with Crippen LogP contribution in [0.2, 0.25) is 0 Å². The molecule has 0 saturated carbocycles. The summed E-state index contributed by atoms with van der Waals surface area (Å²) in [7, 11) is 0. The Bertz CT molecular complexity index is 690. The van der Waals surface area contributed by atoms with Gasteiger partial charge in [-0.1, -0.05) is 48.6 Å². The molecular formula is C22H26O5. The summed E-state index contributed by atoms with van der Waals surface area (Å²) in [4.78, 5) is 22.5. The molecule has 5 heteroatoms. The number of para-hydroxylation sites is 1. The van der Waals surface area contributed by atoms with E-state index in [1.165, 1.54) is 0 Å². The third-order valence-corrected chi connectivity index (χ3v) is 4.35. The minimum absolute atomic E-state index is 0.0486. The van der Waals surface area contributed by atoms with Crippen LogP contribution in [0.5, 0.6) is 5.75 Å². The number of ether oxygens (including phenoxy) is 1. The van der Waals surface area contributed by atoms with Crippen LogP contribution in [-0.2, 0) is 9.59 Å². The van der Waals surface area contributed by atoms with Crippen LogP contribution in [0.3, 0.4) is 0 Å². The van der Waals surface area contributed by atoms with Crippen molar-refractivity contribution in [3.8, 4) is 5.75 Å². The van der Waals surface area contributed by atoms with Crippen LogP contribution in [0.1, 0.15) is 25.7 Å². The molecule has 0 amide bonds. The summed E-state index contributed by atoms with van der Waals surface area (Å²) in [6, 6.07) is 9.28. The number of carbonyl (C=O) groups is 2. The fourth-order valence-corrected chi connectivity index (χ4v) is 2.87. The SMILES string of the molecule is O=C(O)CCC/C=C/C[C@H]1C(=O)C=C[C@@H]1/C=C/[C@@H](O)COc1ccccc1. The Morgan fingerprint density at radius 2 is 2.00 bits per heavy atom. The van der Waals surface area contributed by atoms with Crippen LogP contribution >= 0.6 is 0 Å². The Morgan fingerprint density at radius 3 is 2.74 bits per heavy atom. The van der Waals surface area contributed by atoms with Crippen molar-refractivity contribution in [1.82, 2.24) is 0 Å². The second-order valence-electron chi connectivity index (χ2n) is 6.51. The van der Waals surface area contributed by atoms with Gasteiger partial charge < -0.3 is 14.9 Å². The van der Waals surface area contributed by atoms with Gasteiger partial charge in [-0.3, -0.25) is 9.59 Å². The zero-order chi connectivity index (χ0) is 19.5. The van der Waals surface area contributed by atoms with E-state index in [1.54, 1.807) is 12.2 Å². The standard InChI is InChI=1S/C22H26O5/c23-18(16-27-19-8-4-3-5-9-19)14-12-17-13-15-21(24)20(17)10-6-1-2-7-11-22(25)26/h1,3-6,8-9,12-15,17-18,20,23H,2,7,10-11,16H2,(H,25,26)/b6-1+,14-12+/t17-,18+,20+/m0/s1. The third-order valence-electron chi connectivity index (χ3n) is 4.35. The number of carboxylic acid groups (broad SMARTS) is 1. The van der Waals surface area contributed by atoms with Gasteiger partial charge in [-0.05, 0) is 37.5 Å². The van der Waals surface area contributed by atoms with Crippen molar-refractivity contribution in [2.24, 2.45) is 11.8 Å². The van der Waals surface area contributed by atoms with Crippen molar-refractivity contribution in [2.45, 2.75) is 31.8 Å². The van der Waals surface area contributed by atoms with E-state index in [9.17, 15) is 14.7 Å². The van der Waals surface area contributed by atoms with E-state index in [1.807, 2.05) is 54.6 Å². The number of aliphatic hydroxyl groups is 1. The van der Waals surface area contributed by atoms with Gasteiger partial charge in [0.05, 0.1) is 0 Å². The zero-order valence-electron chi connectivity index (χ0n) is 15.2. The zero-order valence-corrected chi connectivity index (χ0v) is 15.2. The van der Waals surface area contributed by atoms with Gasteiger partial charge >= 0.3 is 5.97 Å². The molecule has 5 nitrogen and oxygen atoms in total. The van der Waals surface area contributed by atoms with Crippen molar-refractivity contribution >= 4 is 11.8 Å². The number of hydrogen-bond donors (Lipinski definition) is 2. The first-order chi connectivity index (χ1) is 13.1. The molecule has 0 bridgehead atoms. The van der Waals surface area contributed by atoms with Crippen molar-refractivity contribution in [2.75, 3.05) is 6.61 Å². The van der Waals surface area contributed by atoms with Crippen LogP contribution in [0.15, 0.2) is 66.8 Å². The molecule has 1 aromatic rings. The summed E-state index contributed by atoms with van der Waals surface area (Å²) >= 11 is 0. The van der Waals surface area contributed by atoms with Crippen molar-refractivity contribution in [3.63, 3.8) is 0 Å². The number of carboxylic acids is 1. The molecule has 0 spiro atoms. The Kier molecular flexibility index (Phi) is 8.52. The highest BCUT2D eigenvalue weighted by molar-refractivity contribution is 5.95. The lowest BCUT2D eigenvalue weighted by molar-refractivity contribution is -0.137. The molecule has 0 aliphatic heterocycles. The lowest BCUT2D eigenvalue weighted by Crippen LogP contribution is -2.17. The van der Waals surface area contributed by atoms with E-state index >= 15 is 0 Å². The molecule has 0 saturated heterocycles. The van der Waals surface area contributed by atoms with E-state index in [0.29, 0.717) is 25.0 Å². The van der Waals surface area contributed by atoms with Gasteiger partial charge in [0.25, 0.3) is 0 Å². The maximum Gasteiger partial charge on any atom is 0.303 e. The second-order valence-corrected chi connectivity index (χ2v) is 6.51. The minimum Gasteiger partial charge on any atom is -0.491 e. The maximum atomic E-state index is 12.0. The number of rotatable bonds is 11. The summed E-state index contributed by atoms with van der Waals surface area (Å²) < 4.78 is 5.51. The summed E-state index contributed by atoms with van der Waals surface area (Å²) in [6.45, 7) is 0.152. The quantitative estimate of drug-likeness (QED) is 0.460. The predicted molar refractivity (Wildman–Crippen MR) is 103 cm³/mol. The molecular weight excluding hydrogens is 344 g/mol. The number of carbonyl (C=O) groups excluding carboxylic acids is 1. The molecule has 0 fully saturated rings. The van der Waals surface area contributed by atoms with Crippen LogP contribution in [0.4, 0.5) is 0 Å². The molecule has 0 unspecified atom stereocenters. The van der Waals surface area contributed by atoms with E-state index < -0.39 is 12.1 Å². The van der Waals surface area contributed by atoms with Crippen LogP contribution in [0.25, 0.3) is 0 Å². The fraction of sp³-hybridized carbons (Fsp3) is 0.364. The summed E-state index contributed by atoms with van der Waals surface area (Å²) in [5.41, 5.74) is 0. The molecule has 3 atom stereocenters. The number of aliphatic hydroxyl groups excluding tert-OH is 1. The Hall–Kier alpha value is -2.66. The van der Waals surface area contributed by atoms with E-state index in [4.69, 9.17) is 9.84 Å². The molecule has 1 aliphatic carbocycles. The van der Waals surface area contributed by atoms with Crippen molar-refractivity contribution in [1.29, 1.82) is 0 Å². The number of ketones is 1. The van der Waals surface area contributed by atoms with Gasteiger partial charge in [0, 0.05) is 18.3 Å². The van der Waals surface area contributed by atoms with Crippen LogP contribution < -0.4 is 4.74 Å². The highest BCUT2D eigenvalue weighted by Crippen LogP contribution is 2.27. The molecule has 1 aromatic carbocycles. The fourth-order valence-electron chi connectivity index (χ4n) is 2.87. The van der Waals surface area contributed by atoms with Gasteiger partial charge in [-0.15, -0.1) is 0 Å². The second kappa shape index (κ2) is 11.1. The monoisotopic (exact) mass is 370 g/mol. The van der Waals surface area contributed by atoms with Crippen molar-refractivity contribution < 1.29 is 24.5 Å². The largest absolute Gasteiger partial charge is 0.491 e. The smallest absolute Gasteiger partial charge is 0.303 e. The summed E-state index contributed by atoms with van der Waals surface area (Å²) in [5.74, 6) is -0.230. The van der Waals surface area contributed by atoms with Gasteiger partial charge in [0.2, 0.25) is 0 Å². The van der Waals surface area contributed by atoms with E-state index in [0.717, 1.165) is 0 Å². The van der Waals surface area contributed by atoms with Gasteiger partial charge in [0.1, 0.15) is 18.5 Å². The van der Waals surface area contributed by atoms with E-state index in [2.05, 4.69) is 0 Å². The number of benzene rings is 1. The average molecular weight is 370 g/mol. The summed E-state index contributed by atoms with van der Waals surface area (Å²) in [6.07, 6.45) is 12.1. The number of allylic oxidation sites excluding steroid dienone is 5. The topological polar surface area (TPSA) is 83.8 Å². The number of hydrogen-bond acceptors (Lipinski definition) is 4. The number of aliphatic carboxylic acids is 1. The van der Waals surface area contributed by atoms with Crippen LogP contribution in [-0.4, -0.2) is 34.7 Å². The van der Waals surface area contributed by atoms with Gasteiger partial charge in [0.15, 0.2) is 5.78 Å². The maximum absolute atomic E-state index is 12.0. The highest BCUT2D eigenvalue weighted by Gasteiger charge is 2.27. The lowest BCUT2D eigenvalue weighted by atomic mass is 9.90. The Balaban J connectivity index is 1.76. The molecule has 27 heavy (non-hydrogen) atoms. The Labute approximate surface area is 159 Å². The highest BCUT2D eigenvalue weighted by atomic mass is 16.5. The number of unbranched alkanes of at least 4 members (excludes halogenated alkanes) is 1. The Morgan fingerprint density at radius 1 is 1.22 bits per heavy atom. The van der Waals surface area contributed by atoms with Gasteiger partial charge in [-0.2, -0.15) is 0 Å². The van der Waals surface area contributed by atoms with Gasteiger partial charge in [-0.25, -0.2) is 0 Å². The molecule has 1 aliphatic rings. The molecule has 2 N–H and O–H groups in total. The third kappa shape index (κ3) is 7.62. The van der Waals surface area contributed by atoms with Crippen LogP contribution in [0, 0.1) is 11.8 Å².